The van der Waals surface area contributed by atoms with Crippen molar-refractivity contribution in [1.29, 1.82) is 0 Å². The van der Waals surface area contributed by atoms with E-state index in [2.05, 4.69) is 10.2 Å². The number of amides is 1. The number of piperidine rings is 1. The average Bonchev–Trinajstić information content (AvgIpc) is 2.39. The smallest absolute Gasteiger partial charge is 0.292 e. The van der Waals surface area contributed by atoms with Crippen LogP contribution >= 0.6 is 11.6 Å². The second-order valence-corrected chi connectivity index (χ2v) is 5.24. The number of carbonyl (C=O) groups excluding carboxylic acids is 1. The molecule has 0 aliphatic carbocycles. The second kappa shape index (κ2) is 6.67. The van der Waals surface area contributed by atoms with E-state index in [1.54, 1.807) is 0 Å². The third kappa shape index (κ3) is 3.91. The number of halogens is 1. The monoisotopic (exact) mass is 297 g/mol. The SMILES string of the molecule is O=C(CN1CCCCC1)Nc1cc(Cl)ccc1[N+](=O)[O-]. The minimum absolute atomic E-state index is 0.143. The van der Waals surface area contributed by atoms with Gasteiger partial charge in [0.1, 0.15) is 5.69 Å². The molecule has 1 aromatic carbocycles. The number of nitro groups is 1. The molecule has 0 atom stereocenters. The van der Waals surface area contributed by atoms with Crippen molar-refractivity contribution >= 4 is 28.9 Å². The molecular formula is C13H16ClN3O3. The fourth-order valence-corrected chi connectivity index (χ4v) is 2.45. The molecule has 0 aromatic heterocycles. The minimum atomic E-state index is -0.535. The van der Waals surface area contributed by atoms with Gasteiger partial charge in [-0.3, -0.25) is 19.8 Å². The topological polar surface area (TPSA) is 75.5 Å². The van der Waals surface area contributed by atoms with Crippen molar-refractivity contribution < 1.29 is 9.72 Å². The number of carbonyl (C=O) groups is 1. The van der Waals surface area contributed by atoms with E-state index in [1.807, 2.05) is 0 Å². The lowest BCUT2D eigenvalue weighted by Gasteiger charge is -2.25. The summed E-state index contributed by atoms with van der Waals surface area (Å²) in [6, 6.07) is 4.12. The third-order valence-electron chi connectivity index (χ3n) is 3.25. The number of nitrogens with one attached hydrogen (secondary N) is 1. The Morgan fingerprint density at radius 1 is 1.35 bits per heavy atom. The number of hydrogen-bond acceptors (Lipinski definition) is 4. The lowest BCUT2D eigenvalue weighted by molar-refractivity contribution is -0.383. The van der Waals surface area contributed by atoms with Crippen LogP contribution in [-0.4, -0.2) is 35.4 Å². The van der Waals surface area contributed by atoms with Crippen LogP contribution in [0.4, 0.5) is 11.4 Å². The first-order chi connectivity index (χ1) is 9.56. The van der Waals surface area contributed by atoms with Gasteiger partial charge in [-0.05, 0) is 38.1 Å². The second-order valence-electron chi connectivity index (χ2n) is 4.80. The summed E-state index contributed by atoms with van der Waals surface area (Å²) in [5.74, 6) is -0.253. The molecule has 1 aromatic rings. The maximum atomic E-state index is 11.9. The lowest BCUT2D eigenvalue weighted by atomic mass is 10.1. The summed E-state index contributed by atoms with van der Waals surface area (Å²) < 4.78 is 0. The van der Waals surface area contributed by atoms with Crippen molar-refractivity contribution in [2.75, 3.05) is 25.0 Å². The van der Waals surface area contributed by atoms with Crippen LogP contribution in [0.1, 0.15) is 19.3 Å². The summed E-state index contributed by atoms with van der Waals surface area (Å²) >= 11 is 5.81. The molecule has 0 radical (unpaired) electrons. The molecule has 20 heavy (non-hydrogen) atoms. The molecule has 0 bridgehead atoms. The summed E-state index contributed by atoms with van der Waals surface area (Å²) in [7, 11) is 0. The lowest BCUT2D eigenvalue weighted by Crippen LogP contribution is -2.36. The highest BCUT2D eigenvalue weighted by Gasteiger charge is 2.18. The molecule has 6 nitrogen and oxygen atoms in total. The van der Waals surface area contributed by atoms with Crippen molar-refractivity contribution in [3.05, 3.63) is 33.3 Å². The first-order valence-corrected chi connectivity index (χ1v) is 6.90. The van der Waals surface area contributed by atoms with E-state index in [0.717, 1.165) is 25.9 Å². The molecule has 0 unspecified atom stereocenters. The number of nitrogens with zero attached hydrogens (tertiary/aromatic N) is 2. The maximum Gasteiger partial charge on any atom is 0.292 e. The van der Waals surface area contributed by atoms with E-state index < -0.39 is 4.92 Å². The van der Waals surface area contributed by atoms with Crippen molar-refractivity contribution in [2.24, 2.45) is 0 Å². The Kier molecular flexibility index (Phi) is 4.92. The number of rotatable bonds is 4. The molecular weight excluding hydrogens is 282 g/mol. The van der Waals surface area contributed by atoms with Gasteiger partial charge in [-0.15, -0.1) is 0 Å². The fraction of sp³-hybridized carbons (Fsp3) is 0.462. The Hall–Kier alpha value is -1.66. The van der Waals surface area contributed by atoms with Gasteiger partial charge in [-0.25, -0.2) is 0 Å². The number of benzene rings is 1. The summed E-state index contributed by atoms with van der Waals surface area (Å²) in [6.07, 6.45) is 3.37. The van der Waals surface area contributed by atoms with E-state index in [0.29, 0.717) is 5.02 Å². The van der Waals surface area contributed by atoms with Crippen molar-refractivity contribution in [3.8, 4) is 0 Å². The van der Waals surface area contributed by atoms with Crippen LogP contribution in [0.5, 0.6) is 0 Å². The van der Waals surface area contributed by atoms with E-state index in [9.17, 15) is 14.9 Å². The zero-order valence-corrected chi connectivity index (χ0v) is 11.7. The third-order valence-corrected chi connectivity index (χ3v) is 3.48. The molecule has 1 saturated heterocycles. The molecule has 1 N–H and O–H groups in total. The predicted molar refractivity (Wildman–Crippen MR) is 77.0 cm³/mol. The van der Waals surface area contributed by atoms with E-state index in [1.165, 1.54) is 24.6 Å². The molecule has 1 heterocycles. The molecule has 0 spiro atoms. The van der Waals surface area contributed by atoms with Crippen LogP contribution in [0.15, 0.2) is 18.2 Å². The Morgan fingerprint density at radius 2 is 2.05 bits per heavy atom. The molecule has 1 fully saturated rings. The molecule has 1 amide bonds. The van der Waals surface area contributed by atoms with Gasteiger partial charge >= 0.3 is 0 Å². The minimum Gasteiger partial charge on any atom is -0.319 e. The number of likely N-dealkylation sites (tertiary alicyclic amines) is 1. The van der Waals surface area contributed by atoms with Crippen LogP contribution in [0.2, 0.25) is 5.02 Å². The standard InChI is InChI=1S/C13H16ClN3O3/c14-10-4-5-12(17(19)20)11(8-10)15-13(18)9-16-6-2-1-3-7-16/h4-5,8H,1-3,6-7,9H2,(H,15,18). The van der Waals surface area contributed by atoms with Crippen LogP contribution in [-0.2, 0) is 4.79 Å². The molecule has 0 saturated carbocycles. The van der Waals surface area contributed by atoms with Gasteiger partial charge < -0.3 is 5.32 Å². The number of hydrogen-bond donors (Lipinski definition) is 1. The summed E-state index contributed by atoms with van der Waals surface area (Å²) in [4.78, 5) is 24.4. The predicted octanol–water partition coefficient (Wildman–Crippen LogP) is 2.67. The highest BCUT2D eigenvalue weighted by Crippen LogP contribution is 2.27. The molecule has 1 aliphatic heterocycles. The van der Waals surface area contributed by atoms with Gasteiger partial charge in [0.25, 0.3) is 5.69 Å². The van der Waals surface area contributed by atoms with Crippen LogP contribution in [0.3, 0.4) is 0 Å². The van der Waals surface area contributed by atoms with Gasteiger partial charge in [0.2, 0.25) is 5.91 Å². The largest absolute Gasteiger partial charge is 0.319 e. The first-order valence-electron chi connectivity index (χ1n) is 6.52. The van der Waals surface area contributed by atoms with Gasteiger partial charge in [-0.2, -0.15) is 0 Å². The molecule has 2 rings (SSSR count). The van der Waals surface area contributed by atoms with E-state index in [-0.39, 0.29) is 23.8 Å². The molecule has 1 aliphatic rings. The van der Waals surface area contributed by atoms with Crippen molar-refractivity contribution in [2.45, 2.75) is 19.3 Å². The van der Waals surface area contributed by atoms with Crippen LogP contribution < -0.4 is 5.32 Å². The van der Waals surface area contributed by atoms with Crippen LogP contribution in [0.25, 0.3) is 0 Å². The zero-order valence-electron chi connectivity index (χ0n) is 11.0. The Labute approximate surface area is 121 Å². The summed E-state index contributed by atoms with van der Waals surface area (Å²) in [5.41, 5.74) is -0.00842. The molecule has 108 valence electrons. The first kappa shape index (κ1) is 14.7. The van der Waals surface area contributed by atoms with Crippen molar-refractivity contribution in [1.82, 2.24) is 4.90 Å². The number of anilines is 1. The zero-order chi connectivity index (χ0) is 14.5. The van der Waals surface area contributed by atoms with Crippen LogP contribution in [0, 0.1) is 10.1 Å². The normalized spacial score (nSPS) is 15.8. The molecule has 7 heteroatoms. The Balaban J connectivity index is 2.03. The average molecular weight is 298 g/mol. The summed E-state index contributed by atoms with van der Waals surface area (Å²) in [5, 5.41) is 13.8. The van der Waals surface area contributed by atoms with Gasteiger partial charge in [0.05, 0.1) is 11.5 Å². The summed E-state index contributed by atoms with van der Waals surface area (Å²) in [6.45, 7) is 2.04. The Bertz CT molecular complexity index is 516. The Morgan fingerprint density at radius 3 is 2.70 bits per heavy atom. The number of nitro benzene ring substituents is 1. The quantitative estimate of drug-likeness (QED) is 0.685. The van der Waals surface area contributed by atoms with Crippen molar-refractivity contribution in [3.63, 3.8) is 0 Å². The van der Waals surface area contributed by atoms with Gasteiger partial charge in [-0.1, -0.05) is 18.0 Å². The highest BCUT2D eigenvalue weighted by atomic mass is 35.5. The fourth-order valence-electron chi connectivity index (χ4n) is 2.28. The maximum absolute atomic E-state index is 11.9. The van der Waals surface area contributed by atoms with E-state index >= 15 is 0 Å². The van der Waals surface area contributed by atoms with E-state index in [4.69, 9.17) is 11.6 Å². The highest BCUT2D eigenvalue weighted by molar-refractivity contribution is 6.31. The van der Waals surface area contributed by atoms with Gasteiger partial charge in [0.15, 0.2) is 0 Å². The van der Waals surface area contributed by atoms with Gasteiger partial charge in [0, 0.05) is 11.1 Å².